The number of benzene rings is 2. The van der Waals surface area contributed by atoms with Gasteiger partial charge in [-0.3, -0.25) is 0 Å². The largest absolute Gasteiger partial charge is 0.503 e. The van der Waals surface area contributed by atoms with Crippen molar-refractivity contribution in [2.45, 2.75) is 35.3 Å². The molecule has 1 N–H and O–H groups in total. The van der Waals surface area contributed by atoms with E-state index in [1.807, 2.05) is 31.2 Å². The van der Waals surface area contributed by atoms with Crippen LogP contribution < -0.4 is 9.47 Å². The van der Waals surface area contributed by atoms with E-state index in [2.05, 4.69) is 0 Å². The molecule has 0 aliphatic carbocycles. The molecule has 1 saturated heterocycles. The minimum absolute atomic E-state index is 0.0128. The third-order valence-electron chi connectivity index (χ3n) is 4.51. The van der Waals surface area contributed by atoms with Gasteiger partial charge in [-0.25, -0.2) is 4.21 Å². The molecule has 2 aliphatic heterocycles. The Kier molecular flexibility index (Phi) is 3.73. The fourth-order valence-corrected chi connectivity index (χ4v) is 4.62. The molecular formula is C18H18O5S. The van der Waals surface area contributed by atoms with Gasteiger partial charge in [0, 0.05) is 16.5 Å². The monoisotopic (exact) mass is 346 g/mol. The Bertz CT molecular complexity index is 815. The van der Waals surface area contributed by atoms with E-state index in [4.69, 9.17) is 14.2 Å². The maximum absolute atomic E-state index is 13.2. The Labute approximate surface area is 142 Å². The minimum Gasteiger partial charge on any atom is -0.503 e. The number of ether oxygens (including phenoxy) is 3. The standard InChI is InChI=1S/C18H18O5S/c1-10-3-5-11(6-4-10)24(20)17-15-12-7-8-22-18(12)23-13(15)9-14(21-2)16(17)19/h3-6,9,12,18-19H,7-8H2,1-2H3/t12-,18+,24?/m1/s1. The van der Waals surface area contributed by atoms with Crippen LogP contribution in [0.3, 0.4) is 0 Å². The molecule has 6 heteroatoms. The number of rotatable bonds is 3. The summed E-state index contributed by atoms with van der Waals surface area (Å²) in [6, 6.07) is 9.08. The molecule has 0 amide bonds. The molecule has 1 fully saturated rings. The highest BCUT2D eigenvalue weighted by molar-refractivity contribution is 7.85. The van der Waals surface area contributed by atoms with Crippen molar-refractivity contribution in [3.8, 4) is 17.2 Å². The number of aryl methyl sites for hydroxylation is 1. The number of aromatic hydroxyl groups is 1. The highest BCUT2D eigenvalue weighted by atomic mass is 32.2. The maximum Gasteiger partial charge on any atom is 0.207 e. The molecule has 0 spiro atoms. The van der Waals surface area contributed by atoms with Gasteiger partial charge >= 0.3 is 0 Å². The van der Waals surface area contributed by atoms with Crippen molar-refractivity contribution in [3.63, 3.8) is 0 Å². The first-order chi connectivity index (χ1) is 11.6. The lowest BCUT2D eigenvalue weighted by Crippen LogP contribution is -2.14. The van der Waals surface area contributed by atoms with Gasteiger partial charge in [-0.15, -0.1) is 0 Å². The van der Waals surface area contributed by atoms with Crippen LogP contribution in [0.25, 0.3) is 0 Å². The van der Waals surface area contributed by atoms with Gasteiger partial charge in [-0.1, -0.05) is 17.7 Å². The van der Waals surface area contributed by atoms with Gasteiger partial charge in [0.1, 0.15) is 5.75 Å². The third-order valence-corrected chi connectivity index (χ3v) is 6.00. The maximum atomic E-state index is 13.2. The minimum atomic E-state index is -1.54. The Balaban J connectivity index is 1.89. The van der Waals surface area contributed by atoms with Gasteiger partial charge in [0.2, 0.25) is 6.29 Å². The third kappa shape index (κ3) is 2.29. The van der Waals surface area contributed by atoms with Crippen LogP contribution >= 0.6 is 0 Å². The van der Waals surface area contributed by atoms with Crippen LogP contribution in [-0.4, -0.2) is 29.3 Å². The smallest absolute Gasteiger partial charge is 0.207 e. The highest BCUT2D eigenvalue weighted by Crippen LogP contribution is 2.52. The van der Waals surface area contributed by atoms with Gasteiger partial charge in [-0.05, 0) is 25.5 Å². The van der Waals surface area contributed by atoms with Crippen LogP contribution in [0.1, 0.15) is 23.5 Å². The molecule has 0 aromatic heterocycles. The van der Waals surface area contributed by atoms with Crippen LogP contribution in [0.15, 0.2) is 40.1 Å². The Morgan fingerprint density at radius 1 is 1.29 bits per heavy atom. The summed E-state index contributed by atoms with van der Waals surface area (Å²) < 4.78 is 29.8. The second kappa shape index (κ2) is 5.79. The topological polar surface area (TPSA) is 65.0 Å². The SMILES string of the molecule is COc1cc2c(c(S(=O)c3ccc(C)cc3)c1O)[C@H]1CCO[C@H]1O2. The lowest BCUT2D eigenvalue weighted by Gasteiger charge is -2.15. The molecule has 126 valence electrons. The van der Waals surface area contributed by atoms with Gasteiger partial charge in [0.05, 0.1) is 35.3 Å². The zero-order chi connectivity index (χ0) is 16.8. The van der Waals surface area contributed by atoms with Crippen LogP contribution in [0.5, 0.6) is 17.2 Å². The zero-order valence-electron chi connectivity index (χ0n) is 13.4. The van der Waals surface area contributed by atoms with E-state index in [1.54, 1.807) is 6.07 Å². The van der Waals surface area contributed by atoms with Crippen LogP contribution in [0.4, 0.5) is 0 Å². The summed E-state index contributed by atoms with van der Waals surface area (Å²) in [6.07, 6.45) is 0.405. The Hall–Kier alpha value is -2.05. The predicted molar refractivity (Wildman–Crippen MR) is 88.2 cm³/mol. The second-order valence-corrected chi connectivity index (χ2v) is 7.42. The average Bonchev–Trinajstić information content (AvgIpc) is 3.15. The molecule has 0 radical (unpaired) electrons. The molecule has 5 nitrogen and oxygen atoms in total. The molecule has 3 atom stereocenters. The second-order valence-electron chi connectivity index (χ2n) is 6.00. The van der Waals surface area contributed by atoms with E-state index < -0.39 is 10.8 Å². The molecular weight excluding hydrogens is 328 g/mol. The fourth-order valence-electron chi connectivity index (χ4n) is 3.27. The van der Waals surface area contributed by atoms with Crippen molar-refractivity contribution in [2.24, 2.45) is 0 Å². The highest BCUT2D eigenvalue weighted by Gasteiger charge is 2.43. The first kappa shape index (κ1) is 15.5. The molecule has 0 bridgehead atoms. The average molecular weight is 346 g/mol. The number of hydrogen-bond acceptors (Lipinski definition) is 5. The molecule has 2 aromatic rings. The molecule has 4 rings (SSSR count). The summed E-state index contributed by atoms with van der Waals surface area (Å²) in [4.78, 5) is 1.000. The van der Waals surface area contributed by atoms with Crippen LogP contribution in [0, 0.1) is 6.92 Å². The van der Waals surface area contributed by atoms with Crippen LogP contribution in [-0.2, 0) is 15.5 Å². The predicted octanol–water partition coefficient (Wildman–Crippen LogP) is 3.10. The summed E-state index contributed by atoms with van der Waals surface area (Å²) in [5, 5.41) is 10.6. The summed E-state index contributed by atoms with van der Waals surface area (Å²) in [7, 11) is -0.0707. The normalized spacial score (nSPS) is 22.6. The van der Waals surface area contributed by atoms with E-state index in [-0.39, 0.29) is 23.7 Å². The Morgan fingerprint density at radius 3 is 2.75 bits per heavy atom. The van der Waals surface area contributed by atoms with Crippen molar-refractivity contribution in [2.75, 3.05) is 13.7 Å². The molecule has 2 heterocycles. The van der Waals surface area contributed by atoms with E-state index in [1.165, 1.54) is 7.11 Å². The van der Waals surface area contributed by atoms with Crippen LogP contribution in [0.2, 0.25) is 0 Å². The fraction of sp³-hybridized carbons (Fsp3) is 0.333. The summed E-state index contributed by atoms with van der Waals surface area (Å²) >= 11 is 0. The Morgan fingerprint density at radius 2 is 2.04 bits per heavy atom. The van der Waals surface area contributed by atoms with Crippen molar-refractivity contribution in [1.82, 2.24) is 0 Å². The number of methoxy groups -OCH3 is 1. The molecule has 24 heavy (non-hydrogen) atoms. The van der Waals surface area contributed by atoms with Gasteiger partial charge < -0.3 is 19.3 Å². The van der Waals surface area contributed by atoms with Gasteiger partial charge in [-0.2, -0.15) is 0 Å². The summed E-state index contributed by atoms with van der Waals surface area (Å²) in [5.74, 6) is 0.728. The van der Waals surface area contributed by atoms with E-state index in [0.717, 1.165) is 17.5 Å². The number of phenols is 1. The van der Waals surface area contributed by atoms with Gasteiger partial charge in [0.25, 0.3) is 0 Å². The van der Waals surface area contributed by atoms with Crippen molar-refractivity contribution in [1.29, 1.82) is 0 Å². The molecule has 2 aliphatic rings. The van der Waals surface area contributed by atoms with E-state index in [9.17, 15) is 9.32 Å². The van der Waals surface area contributed by atoms with Gasteiger partial charge in [0.15, 0.2) is 11.5 Å². The first-order valence-corrected chi connectivity index (χ1v) is 8.95. The molecule has 0 saturated carbocycles. The first-order valence-electron chi connectivity index (χ1n) is 7.80. The van der Waals surface area contributed by atoms with E-state index in [0.29, 0.717) is 22.1 Å². The molecule has 2 aromatic carbocycles. The van der Waals surface area contributed by atoms with Crippen molar-refractivity contribution >= 4 is 10.8 Å². The summed E-state index contributed by atoms with van der Waals surface area (Å²) in [6.45, 7) is 2.57. The van der Waals surface area contributed by atoms with E-state index >= 15 is 0 Å². The molecule has 1 unspecified atom stereocenters. The number of fused-ring (bicyclic) bond motifs is 3. The lowest BCUT2D eigenvalue weighted by atomic mass is 9.98. The lowest BCUT2D eigenvalue weighted by molar-refractivity contribution is -0.0338. The summed E-state index contributed by atoms with van der Waals surface area (Å²) in [5.41, 5.74) is 1.86. The van der Waals surface area contributed by atoms with Crippen molar-refractivity contribution < 1.29 is 23.5 Å². The van der Waals surface area contributed by atoms with Crippen molar-refractivity contribution in [3.05, 3.63) is 41.5 Å². The quantitative estimate of drug-likeness (QED) is 0.925. The number of phenolic OH excluding ortho intramolecular Hbond substituents is 1. The number of hydrogen-bond donors (Lipinski definition) is 1. The zero-order valence-corrected chi connectivity index (χ0v) is 14.3.